The first-order chi connectivity index (χ1) is 14.3. The van der Waals surface area contributed by atoms with Gasteiger partial charge in [-0.3, -0.25) is 5.32 Å². The average Bonchev–Trinajstić information content (AvgIpc) is 3.34. The van der Waals surface area contributed by atoms with E-state index < -0.39 is 6.09 Å². The Labute approximate surface area is 187 Å². The minimum atomic E-state index is -0.420. The Morgan fingerprint density at radius 3 is 2.80 bits per heavy atom. The van der Waals surface area contributed by atoms with E-state index in [1.807, 2.05) is 0 Å². The van der Waals surface area contributed by atoms with E-state index in [9.17, 15) is 4.79 Å². The van der Waals surface area contributed by atoms with Crippen molar-refractivity contribution in [2.24, 2.45) is 23.7 Å². The van der Waals surface area contributed by atoms with Gasteiger partial charge in [0.25, 0.3) is 0 Å². The summed E-state index contributed by atoms with van der Waals surface area (Å²) < 4.78 is 12.3. The Bertz CT molecular complexity index is 818. The first-order valence-electron chi connectivity index (χ1n) is 10.8. The SMILES string of the molecule is CC(C)c1cnc(CSc2cnc(NC(=O)OCC3C[C@H](C)CCC3C(C)C)s2)o1. The van der Waals surface area contributed by atoms with Crippen LogP contribution in [-0.4, -0.2) is 22.7 Å². The van der Waals surface area contributed by atoms with Crippen molar-refractivity contribution in [1.29, 1.82) is 0 Å². The van der Waals surface area contributed by atoms with E-state index in [1.54, 1.807) is 24.2 Å². The summed E-state index contributed by atoms with van der Waals surface area (Å²) in [5, 5.41) is 3.32. The van der Waals surface area contributed by atoms with Gasteiger partial charge in [-0.25, -0.2) is 14.8 Å². The number of hydrogen-bond donors (Lipinski definition) is 1. The number of thioether (sulfide) groups is 1. The highest BCUT2D eigenvalue weighted by molar-refractivity contribution is 8.00. The van der Waals surface area contributed by atoms with Crippen LogP contribution in [0, 0.1) is 23.7 Å². The van der Waals surface area contributed by atoms with E-state index in [2.05, 4.69) is 49.9 Å². The molecule has 1 aliphatic rings. The Balaban J connectivity index is 1.45. The highest BCUT2D eigenvalue weighted by atomic mass is 32.2. The van der Waals surface area contributed by atoms with Gasteiger partial charge in [-0.1, -0.05) is 52.4 Å². The summed E-state index contributed by atoms with van der Waals surface area (Å²) in [6.07, 6.45) is 6.76. The third-order valence-corrected chi connectivity index (χ3v) is 7.85. The average molecular weight is 452 g/mol. The van der Waals surface area contributed by atoms with Crippen LogP contribution in [0.2, 0.25) is 0 Å². The number of carbonyl (C=O) groups excluding carboxylic acids is 1. The molecule has 2 aromatic heterocycles. The Kier molecular flexibility index (Phi) is 8.22. The van der Waals surface area contributed by atoms with Crippen molar-refractivity contribution in [2.45, 2.75) is 69.8 Å². The number of rotatable bonds is 8. The molecule has 3 atom stereocenters. The fourth-order valence-electron chi connectivity index (χ4n) is 4.07. The molecule has 0 saturated heterocycles. The van der Waals surface area contributed by atoms with Crippen LogP contribution in [0.1, 0.15) is 71.5 Å². The molecule has 1 fully saturated rings. The van der Waals surface area contributed by atoms with Crippen LogP contribution < -0.4 is 5.32 Å². The number of hydrogen-bond acceptors (Lipinski definition) is 7. The second kappa shape index (κ2) is 10.7. The molecule has 0 aromatic carbocycles. The normalized spacial score (nSPS) is 21.9. The van der Waals surface area contributed by atoms with E-state index in [0.29, 0.717) is 53.0 Å². The number of aromatic nitrogens is 2. The Morgan fingerprint density at radius 1 is 1.30 bits per heavy atom. The van der Waals surface area contributed by atoms with Crippen molar-refractivity contribution in [3.8, 4) is 0 Å². The molecule has 2 heterocycles. The molecule has 1 amide bonds. The van der Waals surface area contributed by atoms with E-state index in [4.69, 9.17) is 9.15 Å². The number of nitrogens with one attached hydrogen (secondary N) is 1. The molecular weight excluding hydrogens is 418 g/mol. The van der Waals surface area contributed by atoms with Crippen LogP contribution in [0.4, 0.5) is 9.93 Å². The molecule has 30 heavy (non-hydrogen) atoms. The van der Waals surface area contributed by atoms with Crippen LogP contribution in [-0.2, 0) is 10.5 Å². The molecule has 0 aliphatic heterocycles. The van der Waals surface area contributed by atoms with Gasteiger partial charge < -0.3 is 9.15 Å². The highest BCUT2D eigenvalue weighted by Gasteiger charge is 2.31. The van der Waals surface area contributed by atoms with E-state index in [-0.39, 0.29) is 0 Å². The van der Waals surface area contributed by atoms with Gasteiger partial charge in [0.1, 0.15) is 5.76 Å². The zero-order valence-corrected chi connectivity index (χ0v) is 20.1. The van der Waals surface area contributed by atoms with Crippen LogP contribution >= 0.6 is 23.1 Å². The van der Waals surface area contributed by atoms with Gasteiger partial charge in [0, 0.05) is 5.92 Å². The van der Waals surface area contributed by atoms with E-state index in [1.165, 1.54) is 24.2 Å². The lowest BCUT2D eigenvalue weighted by Gasteiger charge is -2.36. The van der Waals surface area contributed by atoms with Crippen molar-refractivity contribution in [3.05, 3.63) is 24.0 Å². The summed E-state index contributed by atoms with van der Waals surface area (Å²) in [6, 6.07) is 0. The lowest BCUT2D eigenvalue weighted by Crippen LogP contribution is -2.32. The first kappa shape index (κ1) is 23.1. The summed E-state index contributed by atoms with van der Waals surface area (Å²) in [4.78, 5) is 20.9. The Morgan fingerprint density at radius 2 is 2.10 bits per heavy atom. The van der Waals surface area contributed by atoms with Crippen molar-refractivity contribution >= 4 is 34.3 Å². The number of thiazole rings is 1. The van der Waals surface area contributed by atoms with Gasteiger partial charge in [0.05, 0.1) is 29.0 Å². The van der Waals surface area contributed by atoms with Gasteiger partial charge in [-0.05, 0) is 36.5 Å². The quantitative estimate of drug-likeness (QED) is 0.445. The molecular formula is C22H33N3O3S2. The lowest BCUT2D eigenvalue weighted by atomic mass is 9.70. The molecule has 1 aliphatic carbocycles. The first-order valence-corrected chi connectivity index (χ1v) is 12.6. The van der Waals surface area contributed by atoms with Crippen LogP contribution in [0.3, 0.4) is 0 Å². The zero-order valence-electron chi connectivity index (χ0n) is 18.5. The molecule has 3 rings (SSSR count). The molecule has 166 valence electrons. The molecule has 0 radical (unpaired) electrons. The summed E-state index contributed by atoms with van der Waals surface area (Å²) in [5.41, 5.74) is 0. The van der Waals surface area contributed by atoms with Gasteiger partial charge in [-0.15, -0.1) is 11.8 Å². The van der Waals surface area contributed by atoms with Crippen molar-refractivity contribution in [3.63, 3.8) is 0 Å². The molecule has 6 nitrogen and oxygen atoms in total. The van der Waals surface area contributed by atoms with Gasteiger partial charge in [0.2, 0.25) is 5.89 Å². The number of carbonyl (C=O) groups is 1. The molecule has 0 bridgehead atoms. The Hall–Kier alpha value is -1.54. The van der Waals surface area contributed by atoms with Crippen LogP contribution in [0.25, 0.3) is 0 Å². The molecule has 1 saturated carbocycles. The highest BCUT2D eigenvalue weighted by Crippen LogP contribution is 2.38. The summed E-state index contributed by atoms with van der Waals surface area (Å²) in [6.45, 7) is 11.5. The topological polar surface area (TPSA) is 77.2 Å². The van der Waals surface area contributed by atoms with Gasteiger partial charge in [0.15, 0.2) is 5.13 Å². The summed E-state index contributed by atoms with van der Waals surface area (Å²) in [7, 11) is 0. The van der Waals surface area contributed by atoms with Crippen LogP contribution in [0.15, 0.2) is 21.0 Å². The second-order valence-corrected chi connectivity index (χ2v) is 11.2. The predicted octanol–water partition coefficient (Wildman–Crippen LogP) is 6.80. The van der Waals surface area contributed by atoms with E-state index in [0.717, 1.165) is 16.4 Å². The molecule has 0 spiro atoms. The molecule has 8 heteroatoms. The van der Waals surface area contributed by atoms with Gasteiger partial charge >= 0.3 is 6.09 Å². The number of oxazole rings is 1. The minimum absolute atomic E-state index is 0.328. The van der Waals surface area contributed by atoms with Crippen molar-refractivity contribution < 1.29 is 13.9 Å². The summed E-state index contributed by atoms with van der Waals surface area (Å²) >= 11 is 3.03. The largest absolute Gasteiger partial charge is 0.449 e. The number of nitrogens with zero attached hydrogens (tertiary/aromatic N) is 2. The zero-order chi connectivity index (χ0) is 21.7. The maximum atomic E-state index is 12.3. The second-order valence-electron chi connectivity index (χ2n) is 8.89. The number of amides is 1. The summed E-state index contributed by atoms with van der Waals surface area (Å²) in [5.74, 6) is 4.95. The fourth-order valence-corrected chi connectivity index (χ4v) is 5.78. The fraction of sp³-hybridized carbons (Fsp3) is 0.682. The lowest BCUT2D eigenvalue weighted by molar-refractivity contribution is 0.0679. The molecule has 2 aromatic rings. The maximum absolute atomic E-state index is 12.3. The molecule has 2 unspecified atom stereocenters. The third-order valence-electron chi connectivity index (χ3n) is 5.76. The maximum Gasteiger partial charge on any atom is 0.413 e. The number of ether oxygens (including phenoxy) is 1. The smallest absolute Gasteiger partial charge is 0.413 e. The minimum Gasteiger partial charge on any atom is -0.449 e. The predicted molar refractivity (Wildman–Crippen MR) is 122 cm³/mol. The monoisotopic (exact) mass is 451 g/mol. The molecule has 1 N–H and O–H groups in total. The van der Waals surface area contributed by atoms with E-state index >= 15 is 0 Å². The van der Waals surface area contributed by atoms with Gasteiger partial charge in [-0.2, -0.15) is 0 Å². The number of anilines is 1. The third kappa shape index (κ3) is 6.48. The van der Waals surface area contributed by atoms with Crippen LogP contribution in [0.5, 0.6) is 0 Å². The standard InChI is InChI=1S/C22H33N3O3S2/c1-13(2)17-7-6-15(5)8-16(17)11-27-22(26)25-21-24-10-20(30-21)29-12-19-23-9-18(28-19)14(3)4/h9-10,13-17H,6-8,11-12H2,1-5H3,(H,24,25,26)/t15-,16?,17?/m1/s1. The van der Waals surface area contributed by atoms with Crippen molar-refractivity contribution in [2.75, 3.05) is 11.9 Å². The van der Waals surface area contributed by atoms with Crippen molar-refractivity contribution in [1.82, 2.24) is 9.97 Å².